The van der Waals surface area contributed by atoms with Crippen LogP contribution in [0.3, 0.4) is 0 Å². The Balaban J connectivity index is 2.31. The first-order valence-corrected chi connectivity index (χ1v) is 7.97. The lowest BCUT2D eigenvalue weighted by molar-refractivity contribution is 0.102. The van der Waals surface area contributed by atoms with E-state index in [0.29, 0.717) is 32.8 Å². The van der Waals surface area contributed by atoms with E-state index in [4.69, 9.17) is 32.7 Å². The van der Waals surface area contributed by atoms with E-state index in [0.717, 1.165) is 3.57 Å². The Hall–Kier alpha value is -1.18. The van der Waals surface area contributed by atoms with E-state index in [9.17, 15) is 4.79 Å². The minimum atomic E-state index is -0.283. The van der Waals surface area contributed by atoms with Crippen LogP contribution in [0.5, 0.6) is 11.5 Å². The van der Waals surface area contributed by atoms with Gasteiger partial charge in [0.1, 0.15) is 11.5 Å². The summed E-state index contributed by atoms with van der Waals surface area (Å²) < 4.78 is 11.2. The van der Waals surface area contributed by atoms with Gasteiger partial charge in [-0.15, -0.1) is 0 Å². The van der Waals surface area contributed by atoms with Gasteiger partial charge in [0.25, 0.3) is 5.91 Å². The number of carbonyl (C=O) groups is 1. The minimum absolute atomic E-state index is 0.283. The fourth-order valence-electron chi connectivity index (χ4n) is 1.79. The maximum atomic E-state index is 12.3. The number of benzene rings is 2. The summed E-state index contributed by atoms with van der Waals surface area (Å²) in [5, 5.41) is 3.74. The van der Waals surface area contributed by atoms with E-state index in [1.807, 2.05) is 0 Å². The number of methoxy groups -OCH3 is 2. The lowest BCUT2D eigenvalue weighted by atomic mass is 10.2. The Labute approximate surface area is 151 Å². The van der Waals surface area contributed by atoms with Crippen LogP contribution in [0.2, 0.25) is 10.0 Å². The van der Waals surface area contributed by atoms with Crippen LogP contribution in [0.4, 0.5) is 5.69 Å². The third-order valence-corrected chi connectivity index (χ3v) is 4.74. The molecule has 0 spiro atoms. The summed E-state index contributed by atoms with van der Waals surface area (Å²) in [7, 11) is 3.01. The number of halogens is 3. The van der Waals surface area contributed by atoms with E-state index in [1.54, 1.807) is 30.3 Å². The normalized spacial score (nSPS) is 10.2. The molecule has 2 aromatic carbocycles. The topological polar surface area (TPSA) is 47.6 Å². The maximum absolute atomic E-state index is 12.3. The molecule has 0 radical (unpaired) electrons. The van der Waals surface area contributed by atoms with E-state index >= 15 is 0 Å². The number of nitrogens with one attached hydrogen (secondary N) is 1. The van der Waals surface area contributed by atoms with E-state index in [-0.39, 0.29) is 5.91 Å². The zero-order valence-electron chi connectivity index (χ0n) is 11.7. The summed E-state index contributed by atoms with van der Waals surface area (Å²) in [6.45, 7) is 0. The molecule has 2 aromatic rings. The van der Waals surface area contributed by atoms with Crippen LogP contribution in [0.15, 0.2) is 30.3 Å². The standard InChI is InChI=1S/C15H12Cl2INO3/c1-21-13-7-14(22-2)12(6-10(13)17)19-15(20)8-3-4-9(16)11(18)5-8/h3-7H,1-2H3,(H,19,20). The predicted molar refractivity (Wildman–Crippen MR) is 96.7 cm³/mol. The molecule has 0 aliphatic heterocycles. The average Bonchev–Trinajstić information content (AvgIpc) is 2.50. The van der Waals surface area contributed by atoms with Crippen LogP contribution in [-0.2, 0) is 0 Å². The molecule has 0 unspecified atom stereocenters. The zero-order valence-corrected chi connectivity index (χ0v) is 15.4. The highest BCUT2D eigenvalue weighted by atomic mass is 127. The monoisotopic (exact) mass is 451 g/mol. The number of rotatable bonds is 4. The van der Waals surface area contributed by atoms with Crippen molar-refractivity contribution >= 4 is 57.4 Å². The molecule has 0 aromatic heterocycles. The van der Waals surface area contributed by atoms with Gasteiger partial charge < -0.3 is 14.8 Å². The summed E-state index contributed by atoms with van der Waals surface area (Å²) >= 11 is 14.1. The van der Waals surface area contributed by atoms with Crippen LogP contribution >= 0.6 is 45.8 Å². The highest BCUT2D eigenvalue weighted by molar-refractivity contribution is 14.1. The molecular formula is C15H12Cl2INO3. The van der Waals surface area contributed by atoms with Gasteiger partial charge in [-0.25, -0.2) is 0 Å². The molecular weight excluding hydrogens is 440 g/mol. The van der Waals surface area contributed by atoms with Crippen molar-refractivity contribution in [2.24, 2.45) is 0 Å². The molecule has 0 saturated carbocycles. The summed E-state index contributed by atoms with van der Waals surface area (Å²) in [6, 6.07) is 8.23. The second-order valence-electron chi connectivity index (χ2n) is 4.27. The van der Waals surface area contributed by atoms with Gasteiger partial charge in [0.2, 0.25) is 0 Å². The first-order chi connectivity index (χ1) is 10.5. The van der Waals surface area contributed by atoms with Crippen LogP contribution in [0.25, 0.3) is 0 Å². The fourth-order valence-corrected chi connectivity index (χ4v) is 2.66. The number of ether oxygens (including phenoxy) is 2. The Morgan fingerprint density at radius 1 is 1.05 bits per heavy atom. The van der Waals surface area contributed by atoms with Gasteiger partial charge in [0.05, 0.1) is 30.0 Å². The first kappa shape index (κ1) is 17.2. The summed E-state index contributed by atoms with van der Waals surface area (Å²) in [5.74, 6) is 0.643. The zero-order chi connectivity index (χ0) is 16.3. The van der Waals surface area contributed by atoms with Crippen LogP contribution in [-0.4, -0.2) is 20.1 Å². The van der Waals surface area contributed by atoms with Crippen molar-refractivity contribution in [3.8, 4) is 11.5 Å². The molecule has 1 N–H and O–H groups in total. The van der Waals surface area contributed by atoms with Gasteiger partial charge in [-0.3, -0.25) is 4.79 Å². The van der Waals surface area contributed by atoms with Crippen molar-refractivity contribution in [1.82, 2.24) is 0 Å². The van der Waals surface area contributed by atoms with E-state index in [1.165, 1.54) is 14.2 Å². The lowest BCUT2D eigenvalue weighted by Crippen LogP contribution is -2.13. The summed E-state index contributed by atoms with van der Waals surface area (Å²) in [5.41, 5.74) is 0.950. The molecule has 22 heavy (non-hydrogen) atoms. The fraction of sp³-hybridized carbons (Fsp3) is 0.133. The quantitative estimate of drug-likeness (QED) is 0.674. The van der Waals surface area contributed by atoms with Crippen molar-refractivity contribution in [3.05, 3.63) is 49.5 Å². The minimum Gasteiger partial charge on any atom is -0.495 e. The predicted octanol–water partition coefficient (Wildman–Crippen LogP) is 4.87. The van der Waals surface area contributed by atoms with Crippen molar-refractivity contribution in [2.45, 2.75) is 0 Å². The highest BCUT2D eigenvalue weighted by Gasteiger charge is 2.14. The molecule has 4 nitrogen and oxygen atoms in total. The van der Waals surface area contributed by atoms with E-state index < -0.39 is 0 Å². The van der Waals surface area contributed by atoms with Gasteiger partial charge in [-0.1, -0.05) is 23.2 Å². The van der Waals surface area contributed by atoms with Gasteiger partial charge in [0.15, 0.2) is 0 Å². The second kappa shape index (κ2) is 7.39. The van der Waals surface area contributed by atoms with Gasteiger partial charge >= 0.3 is 0 Å². The van der Waals surface area contributed by atoms with Crippen molar-refractivity contribution in [1.29, 1.82) is 0 Å². The second-order valence-corrected chi connectivity index (χ2v) is 6.25. The highest BCUT2D eigenvalue weighted by Crippen LogP contribution is 2.36. The molecule has 116 valence electrons. The lowest BCUT2D eigenvalue weighted by Gasteiger charge is -2.13. The van der Waals surface area contributed by atoms with Crippen LogP contribution < -0.4 is 14.8 Å². The molecule has 1 amide bonds. The smallest absolute Gasteiger partial charge is 0.255 e. The molecule has 7 heteroatoms. The summed E-state index contributed by atoms with van der Waals surface area (Å²) in [4.78, 5) is 12.3. The Morgan fingerprint density at radius 3 is 2.32 bits per heavy atom. The third-order valence-electron chi connectivity index (χ3n) is 2.90. The molecule has 0 saturated heterocycles. The van der Waals surface area contributed by atoms with Gasteiger partial charge in [-0.05, 0) is 46.9 Å². The van der Waals surface area contributed by atoms with Crippen molar-refractivity contribution in [2.75, 3.05) is 19.5 Å². The summed E-state index contributed by atoms with van der Waals surface area (Å²) in [6.07, 6.45) is 0. The SMILES string of the molecule is COc1cc(OC)c(NC(=O)c2ccc(Cl)c(I)c2)cc1Cl. The number of hydrogen-bond donors (Lipinski definition) is 1. The largest absolute Gasteiger partial charge is 0.495 e. The van der Waals surface area contributed by atoms with Crippen molar-refractivity contribution < 1.29 is 14.3 Å². The average molecular weight is 452 g/mol. The molecule has 0 aliphatic rings. The third kappa shape index (κ3) is 3.77. The molecule has 0 aliphatic carbocycles. The van der Waals surface area contributed by atoms with Gasteiger partial charge in [-0.2, -0.15) is 0 Å². The number of amides is 1. The molecule has 0 fully saturated rings. The number of anilines is 1. The number of carbonyl (C=O) groups excluding carboxylic acids is 1. The van der Waals surface area contributed by atoms with Crippen molar-refractivity contribution in [3.63, 3.8) is 0 Å². The molecule has 2 rings (SSSR count). The maximum Gasteiger partial charge on any atom is 0.255 e. The van der Waals surface area contributed by atoms with Crippen LogP contribution in [0, 0.1) is 3.57 Å². The molecule has 0 bridgehead atoms. The number of hydrogen-bond acceptors (Lipinski definition) is 3. The molecule has 0 heterocycles. The van der Waals surface area contributed by atoms with Crippen LogP contribution in [0.1, 0.15) is 10.4 Å². The van der Waals surface area contributed by atoms with Gasteiger partial charge in [0, 0.05) is 15.2 Å². The van der Waals surface area contributed by atoms with E-state index in [2.05, 4.69) is 27.9 Å². The Bertz CT molecular complexity index is 722. The molecule has 0 atom stereocenters. The first-order valence-electron chi connectivity index (χ1n) is 6.14. The Kier molecular flexibility index (Phi) is 5.77. The Morgan fingerprint density at radius 2 is 1.73 bits per heavy atom.